The van der Waals surface area contributed by atoms with Gasteiger partial charge in [-0.2, -0.15) is 0 Å². The minimum Gasteiger partial charge on any atom is -0.346 e. The SMILES string of the molecule is N[C@@H](c1ccc(C(=O)Nc2ccnc3[nH]ccc23)cc1-c1cccs1)C1CCC1. The lowest BCUT2D eigenvalue weighted by molar-refractivity contribution is 0.102. The fraction of sp³-hybridized carbons (Fsp3) is 0.217. The number of carbonyl (C=O) groups is 1. The molecule has 1 amide bonds. The molecule has 5 rings (SSSR count). The summed E-state index contributed by atoms with van der Waals surface area (Å²) in [5.41, 5.74) is 10.9. The molecule has 0 spiro atoms. The molecule has 1 fully saturated rings. The van der Waals surface area contributed by atoms with Crippen LogP contribution in [-0.2, 0) is 0 Å². The maximum absolute atomic E-state index is 13.0. The van der Waals surface area contributed by atoms with Gasteiger partial charge in [-0.05, 0) is 65.6 Å². The second-order valence-electron chi connectivity index (χ2n) is 7.55. The van der Waals surface area contributed by atoms with Crippen molar-refractivity contribution < 1.29 is 4.79 Å². The third kappa shape index (κ3) is 3.34. The number of amides is 1. The molecule has 0 saturated heterocycles. The molecule has 4 aromatic rings. The molecule has 146 valence electrons. The Balaban J connectivity index is 1.49. The lowest BCUT2D eigenvalue weighted by Gasteiger charge is -2.32. The van der Waals surface area contributed by atoms with E-state index in [2.05, 4.69) is 26.7 Å². The van der Waals surface area contributed by atoms with E-state index in [9.17, 15) is 4.79 Å². The number of H-pyrrole nitrogens is 1. The molecule has 1 aliphatic carbocycles. The Morgan fingerprint density at radius 1 is 1.24 bits per heavy atom. The molecule has 1 aliphatic rings. The van der Waals surface area contributed by atoms with Gasteiger partial charge < -0.3 is 16.0 Å². The number of benzene rings is 1. The number of hydrogen-bond acceptors (Lipinski definition) is 4. The van der Waals surface area contributed by atoms with E-state index < -0.39 is 0 Å². The van der Waals surface area contributed by atoms with Gasteiger partial charge in [-0.1, -0.05) is 18.6 Å². The summed E-state index contributed by atoms with van der Waals surface area (Å²) in [5, 5.41) is 5.97. The molecule has 0 aliphatic heterocycles. The van der Waals surface area contributed by atoms with E-state index in [-0.39, 0.29) is 11.9 Å². The van der Waals surface area contributed by atoms with Crippen LogP contribution in [0, 0.1) is 5.92 Å². The summed E-state index contributed by atoms with van der Waals surface area (Å²) in [4.78, 5) is 21.5. The summed E-state index contributed by atoms with van der Waals surface area (Å²) in [6, 6.07) is 13.8. The van der Waals surface area contributed by atoms with Gasteiger partial charge in [0.1, 0.15) is 5.65 Å². The zero-order chi connectivity index (χ0) is 19.8. The predicted octanol–water partition coefficient (Wildman–Crippen LogP) is 5.34. The second kappa shape index (κ2) is 7.46. The summed E-state index contributed by atoms with van der Waals surface area (Å²) < 4.78 is 0. The van der Waals surface area contributed by atoms with E-state index in [0.29, 0.717) is 11.5 Å². The monoisotopic (exact) mass is 402 g/mol. The summed E-state index contributed by atoms with van der Waals surface area (Å²) in [7, 11) is 0. The summed E-state index contributed by atoms with van der Waals surface area (Å²) in [6.45, 7) is 0. The van der Waals surface area contributed by atoms with Gasteiger partial charge in [0.05, 0.1) is 5.69 Å². The molecule has 3 heterocycles. The van der Waals surface area contributed by atoms with Crippen LogP contribution in [0.5, 0.6) is 0 Å². The summed E-state index contributed by atoms with van der Waals surface area (Å²) in [6.07, 6.45) is 7.13. The Bertz CT molecular complexity index is 1160. The number of fused-ring (bicyclic) bond motifs is 1. The van der Waals surface area contributed by atoms with Crippen LogP contribution in [0.4, 0.5) is 5.69 Å². The van der Waals surface area contributed by atoms with Gasteiger partial charge in [-0.15, -0.1) is 11.3 Å². The van der Waals surface area contributed by atoms with Gasteiger partial charge in [0.2, 0.25) is 0 Å². The lowest BCUT2D eigenvalue weighted by Crippen LogP contribution is -2.27. The molecule has 1 saturated carbocycles. The van der Waals surface area contributed by atoms with Crippen LogP contribution in [0.15, 0.2) is 60.2 Å². The minimum atomic E-state index is -0.139. The van der Waals surface area contributed by atoms with Gasteiger partial charge >= 0.3 is 0 Å². The molecule has 0 bridgehead atoms. The van der Waals surface area contributed by atoms with E-state index in [1.165, 1.54) is 19.3 Å². The number of thiophene rings is 1. The maximum atomic E-state index is 13.0. The zero-order valence-electron chi connectivity index (χ0n) is 15.9. The van der Waals surface area contributed by atoms with Gasteiger partial charge in [-0.25, -0.2) is 4.98 Å². The van der Waals surface area contributed by atoms with Crippen molar-refractivity contribution in [3.05, 3.63) is 71.4 Å². The van der Waals surface area contributed by atoms with Crippen molar-refractivity contribution in [2.24, 2.45) is 11.7 Å². The van der Waals surface area contributed by atoms with Crippen LogP contribution in [-0.4, -0.2) is 15.9 Å². The first-order valence-electron chi connectivity index (χ1n) is 9.87. The van der Waals surface area contributed by atoms with Gasteiger partial charge in [0, 0.05) is 34.3 Å². The van der Waals surface area contributed by atoms with Gasteiger partial charge in [0.15, 0.2) is 0 Å². The molecule has 1 atom stereocenters. The van der Waals surface area contributed by atoms with E-state index in [0.717, 1.165) is 32.7 Å². The lowest BCUT2D eigenvalue weighted by atomic mass is 9.76. The molecule has 0 unspecified atom stereocenters. The van der Waals surface area contributed by atoms with Crippen LogP contribution in [0.3, 0.4) is 0 Å². The first-order valence-corrected chi connectivity index (χ1v) is 10.8. The van der Waals surface area contributed by atoms with Crippen molar-refractivity contribution in [1.29, 1.82) is 0 Å². The van der Waals surface area contributed by atoms with Crippen molar-refractivity contribution >= 4 is 34.0 Å². The average molecular weight is 403 g/mol. The first-order chi connectivity index (χ1) is 14.2. The number of aromatic amines is 1. The molecule has 3 aromatic heterocycles. The van der Waals surface area contributed by atoms with E-state index >= 15 is 0 Å². The molecule has 4 N–H and O–H groups in total. The van der Waals surface area contributed by atoms with Gasteiger partial charge in [-0.3, -0.25) is 4.79 Å². The Kier molecular flexibility index (Phi) is 4.66. The topological polar surface area (TPSA) is 83.8 Å². The smallest absolute Gasteiger partial charge is 0.255 e. The van der Waals surface area contributed by atoms with Crippen molar-refractivity contribution in [1.82, 2.24) is 9.97 Å². The number of pyridine rings is 1. The Labute approximate surface area is 173 Å². The molecular formula is C23H22N4OS. The number of hydrogen-bond donors (Lipinski definition) is 3. The van der Waals surface area contributed by atoms with Crippen LogP contribution < -0.4 is 11.1 Å². The largest absolute Gasteiger partial charge is 0.346 e. The molecule has 29 heavy (non-hydrogen) atoms. The van der Waals surface area contributed by atoms with Crippen molar-refractivity contribution in [3.63, 3.8) is 0 Å². The number of nitrogens with two attached hydrogens (primary N) is 1. The Morgan fingerprint density at radius 3 is 2.90 bits per heavy atom. The average Bonchev–Trinajstić information content (AvgIpc) is 3.38. The maximum Gasteiger partial charge on any atom is 0.255 e. The van der Waals surface area contributed by atoms with Crippen molar-refractivity contribution in [3.8, 4) is 10.4 Å². The number of nitrogens with one attached hydrogen (secondary N) is 2. The quantitative estimate of drug-likeness (QED) is 0.421. The highest BCUT2D eigenvalue weighted by atomic mass is 32.1. The number of aromatic nitrogens is 2. The third-order valence-electron chi connectivity index (χ3n) is 5.83. The molecule has 5 nitrogen and oxygen atoms in total. The highest BCUT2D eigenvalue weighted by Crippen LogP contribution is 2.40. The zero-order valence-corrected chi connectivity index (χ0v) is 16.7. The third-order valence-corrected chi connectivity index (χ3v) is 6.73. The second-order valence-corrected chi connectivity index (χ2v) is 8.50. The highest BCUT2D eigenvalue weighted by Gasteiger charge is 2.28. The summed E-state index contributed by atoms with van der Waals surface area (Å²) in [5.74, 6) is 0.396. The molecule has 6 heteroatoms. The standard InChI is InChI=1S/C23H22N4OS/c24-21(14-3-1-4-14)16-7-6-15(13-18(16)20-5-2-12-29-20)23(28)27-19-9-11-26-22-17(19)8-10-25-22/h2,5-14,21H,1,3-4,24H2,(H2,25,26,27,28)/t21-/m1/s1. The highest BCUT2D eigenvalue weighted by molar-refractivity contribution is 7.13. The predicted molar refractivity (Wildman–Crippen MR) is 118 cm³/mol. The van der Waals surface area contributed by atoms with Crippen LogP contribution in [0.25, 0.3) is 21.5 Å². The van der Waals surface area contributed by atoms with Gasteiger partial charge in [0.25, 0.3) is 5.91 Å². The molecule has 0 radical (unpaired) electrons. The van der Waals surface area contributed by atoms with Crippen molar-refractivity contribution in [2.45, 2.75) is 25.3 Å². The fourth-order valence-corrected chi connectivity index (χ4v) is 4.72. The first kappa shape index (κ1) is 18.1. The number of rotatable bonds is 5. The molecular weight excluding hydrogens is 380 g/mol. The normalized spacial score (nSPS) is 15.2. The number of nitrogens with zero attached hydrogens (tertiary/aromatic N) is 1. The Hall–Kier alpha value is -2.96. The van der Waals surface area contributed by atoms with E-state index in [4.69, 9.17) is 5.73 Å². The minimum absolute atomic E-state index is 0.0117. The fourth-order valence-electron chi connectivity index (χ4n) is 3.95. The van der Waals surface area contributed by atoms with E-state index in [1.807, 2.05) is 42.6 Å². The Morgan fingerprint density at radius 2 is 2.14 bits per heavy atom. The van der Waals surface area contributed by atoms with Crippen LogP contribution in [0.1, 0.15) is 41.2 Å². The van der Waals surface area contributed by atoms with E-state index in [1.54, 1.807) is 17.5 Å². The molecule has 1 aromatic carbocycles. The van der Waals surface area contributed by atoms with Crippen LogP contribution in [0.2, 0.25) is 0 Å². The van der Waals surface area contributed by atoms with Crippen LogP contribution >= 0.6 is 11.3 Å². The number of anilines is 1. The van der Waals surface area contributed by atoms with Crippen molar-refractivity contribution in [2.75, 3.05) is 5.32 Å². The summed E-state index contributed by atoms with van der Waals surface area (Å²) >= 11 is 1.67. The number of carbonyl (C=O) groups excluding carboxylic acids is 1.